The highest BCUT2D eigenvalue weighted by Gasteiger charge is 2.28. The van der Waals surface area contributed by atoms with Crippen molar-refractivity contribution < 1.29 is 88.2 Å². The number of ketones is 1. The summed E-state index contributed by atoms with van der Waals surface area (Å²) in [5.41, 5.74) is 4.77. The number of hydrogen-bond donors (Lipinski definition) is 0. The Bertz CT molecular complexity index is 2680. The number of ether oxygens (including phenoxy) is 10. The van der Waals surface area contributed by atoms with Crippen LogP contribution in [0.4, 0.5) is 28.9 Å². The summed E-state index contributed by atoms with van der Waals surface area (Å²) in [7, 11) is 11.4. The maximum atomic E-state index is 13.2. The van der Waals surface area contributed by atoms with Crippen molar-refractivity contribution in [2.75, 3.05) is 119 Å². The van der Waals surface area contributed by atoms with Gasteiger partial charge in [-0.05, 0) is 83.9 Å². The van der Waals surface area contributed by atoms with Gasteiger partial charge in [-0.25, -0.2) is 5.06 Å². The number of methoxy groups -OCH3 is 6. The van der Waals surface area contributed by atoms with Gasteiger partial charge in [-0.1, -0.05) is 24.3 Å². The van der Waals surface area contributed by atoms with E-state index in [1.165, 1.54) is 79.3 Å². The number of benzene rings is 4. The fraction of sp³-hybridized carbons (Fsp3) is 0.370. The van der Waals surface area contributed by atoms with E-state index >= 15 is 0 Å². The number of amides is 1. The number of hydroxylamine groups is 2. The molecule has 1 amide bonds. The predicted molar refractivity (Wildman–Crippen MR) is 270 cm³/mol. The van der Waals surface area contributed by atoms with Crippen LogP contribution >= 0.6 is 0 Å². The van der Waals surface area contributed by atoms with Gasteiger partial charge in [0.15, 0.2) is 34.9 Å². The molecule has 0 radical (unpaired) electrons. The predicted octanol–water partition coefficient (Wildman–Crippen LogP) is 9.77. The smallest absolute Gasteiger partial charge is 0.387 e. The quantitative estimate of drug-likeness (QED) is 0.0401. The molecule has 76 heavy (non-hydrogen) atoms. The summed E-state index contributed by atoms with van der Waals surface area (Å²) in [5, 5.41) is 1.17. The second kappa shape index (κ2) is 28.4. The molecule has 2 unspecified atom stereocenters. The summed E-state index contributed by atoms with van der Waals surface area (Å²) in [4.78, 5) is 34.8. The molecule has 410 valence electrons. The number of Topliss-reactive ketones (excluding diaryl/α,β-unsaturated/α-hetero) is 1. The summed E-state index contributed by atoms with van der Waals surface area (Å²) in [6, 6.07) is 28.1. The van der Waals surface area contributed by atoms with Crippen molar-refractivity contribution >= 4 is 23.1 Å². The molecule has 2 atom stereocenters. The highest BCUT2D eigenvalue weighted by molar-refractivity contribution is 5.98. The van der Waals surface area contributed by atoms with Gasteiger partial charge >= 0.3 is 13.2 Å². The molecule has 8 rings (SSSR count). The first-order valence-electron chi connectivity index (χ1n) is 23.6. The molecule has 6 aromatic rings. The maximum absolute atomic E-state index is 13.2. The first kappa shape index (κ1) is 57.8. The van der Waals surface area contributed by atoms with Crippen molar-refractivity contribution in [3.8, 4) is 57.1 Å². The number of furan rings is 2. The van der Waals surface area contributed by atoms with Gasteiger partial charge in [0, 0.05) is 69.9 Å². The van der Waals surface area contributed by atoms with Gasteiger partial charge < -0.3 is 66.0 Å². The van der Waals surface area contributed by atoms with E-state index in [-0.39, 0.29) is 51.9 Å². The minimum Gasteiger partial charge on any atom is -0.493 e. The molecule has 2 fully saturated rings. The lowest BCUT2D eigenvalue weighted by molar-refractivity contribution is -0.179. The van der Waals surface area contributed by atoms with E-state index in [9.17, 15) is 27.2 Å². The fourth-order valence-corrected chi connectivity index (χ4v) is 8.04. The van der Waals surface area contributed by atoms with Crippen molar-refractivity contribution in [1.82, 2.24) is 5.06 Å². The molecule has 2 aromatic heterocycles. The molecule has 18 nitrogen and oxygen atoms in total. The molecule has 4 heterocycles. The molecule has 0 N–H and O–H groups in total. The van der Waals surface area contributed by atoms with Crippen molar-refractivity contribution in [2.45, 2.75) is 25.4 Å². The Hall–Kier alpha value is -7.50. The normalized spacial score (nSPS) is 14.1. The first-order valence-corrected chi connectivity index (χ1v) is 23.6. The molecule has 22 heteroatoms. The standard InChI is InChI=1S/C26H27F2NO7.C15H22N2O4.C13H12F2O4/c1-31-21-14-17(15-22(32-2)25(21)36-26(27)28)19-8-9-20(35-19)23(30)24(33-3)16-4-6-18(7-5-16)29-10-12-34-13-11-29;1-16(20-3)15(18)14(19-2)12-4-6-13(7-5-12)17-8-10-21-11-9-17;1-16-10-6-8(9-4-3-5-18-9)7-11(17-2)12(10)19-13(14)15/h4-9,14-15,24,26H,10-13H2,1-3H3;4-7,14H,8-11H2,1-3H3;3-7,13H,1-2H3. The number of anilines is 2. The largest absolute Gasteiger partial charge is 0.493 e. The minimum absolute atomic E-state index is 0.0315. The SMILES string of the molecule is COC(C(=O)N(C)OC)c1ccc(N2CCOCC2)cc1.COc1cc(-c2ccc(C(=O)C(OC)c3ccc(N4CCOCC4)cc3)o2)cc(OC)c1OC(F)F.COc1cc(-c2ccco2)cc(OC)c1OC(F)F. The topological polar surface area (TPSA) is 172 Å². The van der Waals surface area contributed by atoms with E-state index in [1.807, 2.05) is 48.5 Å². The van der Waals surface area contributed by atoms with Crippen LogP contribution in [0.2, 0.25) is 0 Å². The number of hydrogen-bond acceptors (Lipinski definition) is 17. The van der Waals surface area contributed by atoms with Gasteiger partial charge in [0.1, 0.15) is 17.6 Å². The molecular weight excluding hydrogens is 1010 g/mol. The Morgan fingerprint density at radius 3 is 1.34 bits per heavy atom. The third kappa shape index (κ3) is 14.9. The van der Waals surface area contributed by atoms with Gasteiger partial charge in [-0.15, -0.1) is 0 Å². The molecule has 0 aliphatic carbocycles. The van der Waals surface area contributed by atoms with Gasteiger partial charge in [-0.2, -0.15) is 17.6 Å². The molecule has 2 saturated heterocycles. The van der Waals surface area contributed by atoms with Crippen LogP contribution < -0.4 is 38.2 Å². The highest BCUT2D eigenvalue weighted by Crippen LogP contribution is 2.44. The van der Waals surface area contributed by atoms with E-state index in [0.717, 1.165) is 56.3 Å². The lowest BCUT2D eigenvalue weighted by Gasteiger charge is -2.29. The van der Waals surface area contributed by atoms with Gasteiger partial charge in [0.2, 0.25) is 17.3 Å². The van der Waals surface area contributed by atoms with Crippen LogP contribution in [0.1, 0.15) is 33.9 Å². The molecule has 2 aliphatic heterocycles. The van der Waals surface area contributed by atoms with Crippen LogP contribution in [-0.2, 0) is 28.6 Å². The van der Waals surface area contributed by atoms with Gasteiger partial charge in [0.05, 0.1) is 68.2 Å². The molecular formula is C54H61F4N3O15. The van der Waals surface area contributed by atoms with Crippen LogP contribution in [0.15, 0.2) is 112 Å². The molecule has 2 aliphatic rings. The number of carbonyl (C=O) groups is 2. The Balaban J connectivity index is 0.000000200. The fourth-order valence-electron chi connectivity index (χ4n) is 8.04. The third-order valence-corrected chi connectivity index (χ3v) is 11.9. The first-order chi connectivity index (χ1) is 36.8. The highest BCUT2D eigenvalue weighted by atomic mass is 19.3. The third-order valence-electron chi connectivity index (χ3n) is 11.9. The van der Waals surface area contributed by atoms with E-state index < -0.39 is 25.4 Å². The number of halogens is 4. The van der Waals surface area contributed by atoms with Crippen molar-refractivity contribution in [2.24, 2.45) is 0 Å². The molecule has 0 spiro atoms. The lowest BCUT2D eigenvalue weighted by Crippen LogP contribution is -2.36. The van der Waals surface area contributed by atoms with E-state index in [0.29, 0.717) is 41.4 Å². The summed E-state index contributed by atoms with van der Waals surface area (Å²) in [6.07, 6.45) is -0.0139. The summed E-state index contributed by atoms with van der Waals surface area (Å²) in [5.74, 6) is 0.344. The Labute approximate surface area is 437 Å². The number of rotatable bonds is 20. The molecule has 4 aromatic carbocycles. The molecule has 0 saturated carbocycles. The van der Waals surface area contributed by atoms with Crippen molar-refractivity contribution in [3.63, 3.8) is 0 Å². The Kier molecular flexibility index (Phi) is 21.6. The number of carbonyl (C=O) groups excluding carboxylic acids is 2. The van der Waals surface area contributed by atoms with Crippen LogP contribution in [0.25, 0.3) is 22.6 Å². The number of nitrogens with zero attached hydrogens (tertiary/aromatic N) is 3. The van der Waals surface area contributed by atoms with Gasteiger partial charge in [-0.3, -0.25) is 14.4 Å². The van der Waals surface area contributed by atoms with E-state index in [2.05, 4.69) is 19.3 Å². The lowest BCUT2D eigenvalue weighted by atomic mass is 10.0. The van der Waals surface area contributed by atoms with Crippen molar-refractivity contribution in [3.05, 3.63) is 120 Å². The zero-order valence-electron chi connectivity index (χ0n) is 43.3. The van der Waals surface area contributed by atoms with Crippen LogP contribution in [0.5, 0.6) is 34.5 Å². The second-order valence-corrected chi connectivity index (χ2v) is 16.3. The summed E-state index contributed by atoms with van der Waals surface area (Å²) in [6.45, 7) is 0.245. The van der Waals surface area contributed by atoms with Crippen LogP contribution in [-0.4, -0.2) is 139 Å². The number of alkyl halides is 4. The second-order valence-electron chi connectivity index (χ2n) is 16.3. The van der Waals surface area contributed by atoms with E-state index in [1.54, 1.807) is 37.4 Å². The van der Waals surface area contributed by atoms with Crippen molar-refractivity contribution in [1.29, 1.82) is 0 Å². The van der Waals surface area contributed by atoms with Gasteiger partial charge in [0.25, 0.3) is 5.91 Å². The Morgan fingerprint density at radius 1 is 0.553 bits per heavy atom. The molecule has 0 bridgehead atoms. The van der Waals surface area contributed by atoms with Crippen LogP contribution in [0, 0.1) is 0 Å². The Morgan fingerprint density at radius 2 is 0.974 bits per heavy atom. The monoisotopic (exact) mass is 1070 g/mol. The number of morpholine rings is 2. The summed E-state index contributed by atoms with van der Waals surface area (Å²) >= 11 is 0. The summed E-state index contributed by atoms with van der Waals surface area (Å²) < 4.78 is 112. The average Bonchev–Trinajstić information content (AvgIpc) is 4.19. The zero-order valence-corrected chi connectivity index (χ0v) is 43.3. The minimum atomic E-state index is -3.06. The zero-order chi connectivity index (χ0) is 54.7. The van der Waals surface area contributed by atoms with E-state index in [4.69, 9.17) is 51.6 Å². The number of likely N-dealkylation sites (N-methyl/N-ethyl adjacent to an activating group) is 1. The average molecular weight is 1070 g/mol. The van der Waals surface area contributed by atoms with Crippen LogP contribution in [0.3, 0.4) is 0 Å². The maximum Gasteiger partial charge on any atom is 0.387 e.